The molecule has 0 amide bonds. The first kappa shape index (κ1) is 92.7. The smallest absolute Gasteiger partial charge is 0.0620 e. The van der Waals surface area contributed by atoms with Crippen LogP contribution in [0.4, 0.5) is 50.4 Å². The van der Waals surface area contributed by atoms with Gasteiger partial charge in [0.05, 0.1) is 60.7 Å². The van der Waals surface area contributed by atoms with Gasteiger partial charge in [-0.2, -0.15) is 30.6 Å². The summed E-state index contributed by atoms with van der Waals surface area (Å²) in [6.45, 7) is 24.5. The van der Waals surface area contributed by atoms with E-state index in [-0.39, 0.29) is 44.8 Å². The van der Waals surface area contributed by atoms with Gasteiger partial charge in [-0.3, -0.25) is 0 Å². The van der Waals surface area contributed by atoms with Crippen molar-refractivity contribution in [2.24, 2.45) is 0 Å². The number of benzene rings is 6. The van der Waals surface area contributed by atoms with E-state index < -0.39 is 48.2 Å². The third-order valence-corrected chi connectivity index (χ3v) is 23.2. The predicted octanol–water partition coefficient (Wildman–Crippen LogP) is 22.6. The fourth-order valence-electron chi connectivity index (χ4n) is 9.90. The minimum absolute atomic E-state index is 0. The van der Waals surface area contributed by atoms with E-state index in [1.54, 1.807) is 0 Å². The molecule has 0 saturated heterocycles. The summed E-state index contributed by atoms with van der Waals surface area (Å²) < 4.78 is 131. The molecular formula is C68H78Cl4Cu2F12N12P6+2. The number of alkyl halides is 4. The average molecular weight is 1750 g/mol. The number of hydrogen-bond acceptors (Lipinski definition) is 6. The summed E-state index contributed by atoms with van der Waals surface area (Å²) in [7, 11) is -25.1. The number of halogens is 16. The second kappa shape index (κ2) is 39.1. The van der Waals surface area contributed by atoms with Crippen molar-refractivity contribution in [3.63, 3.8) is 0 Å². The van der Waals surface area contributed by atoms with Crippen LogP contribution in [0.5, 0.6) is 0 Å². The van der Waals surface area contributed by atoms with Gasteiger partial charge in [0.25, 0.3) is 16.7 Å². The molecule has 0 unspecified atom stereocenters. The monoisotopic (exact) mass is 1740 g/mol. The zero-order valence-corrected chi connectivity index (χ0v) is 68.5. The summed E-state index contributed by atoms with van der Waals surface area (Å²) in [5.41, 5.74) is 12.7. The molecule has 0 saturated carbocycles. The van der Waals surface area contributed by atoms with Crippen LogP contribution in [-0.2, 0) is 34.1 Å². The maximum atomic E-state index is 9.87. The number of nitrogens with zero attached hydrogens (tertiary/aromatic N) is 12. The van der Waals surface area contributed by atoms with Gasteiger partial charge in [-0.25, -0.2) is 26.7 Å². The van der Waals surface area contributed by atoms with Crippen LogP contribution in [0.15, 0.2) is 218 Å². The molecular weight excluding hydrogens is 1670 g/mol. The Morgan fingerprint density at radius 1 is 0.260 bits per heavy atom. The molecule has 104 heavy (non-hydrogen) atoms. The molecule has 6 aromatic carbocycles. The van der Waals surface area contributed by atoms with Crippen LogP contribution < -0.4 is 31.8 Å². The van der Waals surface area contributed by atoms with Crippen LogP contribution in [0.25, 0.3) is 0 Å². The van der Waals surface area contributed by atoms with Crippen molar-refractivity contribution < 1.29 is 84.5 Å². The van der Waals surface area contributed by atoms with Crippen LogP contribution in [0.2, 0.25) is 0 Å². The van der Waals surface area contributed by atoms with E-state index in [4.69, 9.17) is 46.4 Å². The van der Waals surface area contributed by atoms with Gasteiger partial charge in [0.15, 0.2) is 0 Å². The standard InChI is InChI=1S/2C18H15P.2C15H21N6P.2CH2Cl2.2Cu.2F6P/c2*1-4-10-16(11-5-1)19(17-12-6-2-7-13-17)18-14-8-3-9-15-18;2*1-10-7-13(4)19(16-10)22(20-14(5)8-11(2)17-20)21-15(6)9-12(3)18-21;2*2-1-3;;;2*1-7(2,3,4,5)6/h2*1-15H;2*7-9H,1-6H3;2*1H2;;;;/q;;;;;;2*+1;2*-1/p+2. The Hall–Kier alpha value is -5.48. The van der Waals surface area contributed by atoms with Crippen molar-refractivity contribution >= 4 is 126 Å². The fraction of sp³-hybridized carbons (Fsp3) is 0.206. The maximum absolute atomic E-state index is 10.7. The molecule has 6 aromatic heterocycles. The van der Waals surface area contributed by atoms with Crippen molar-refractivity contribution in [2.45, 2.75) is 83.1 Å². The van der Waals surface area contributed by atoms with Gasteiger partial charge < -0.3 is 0 Å². The fourth-order valence-corrected chi connectivity index (χ4v) is 19.4. The zero-order valence-electron chi connectivity index (χ0n) is 58.0. The van der Waals surface area contributed by atoms with E-state index in [1.165, 1.54) is 31.8 Å². The van der Waals surface area contributed by atoms with Crippen LogP contribution in [0, 0.1) is 83.1 Å². The van der Waals surface area contributed by atoms with E-state index >= 15 is 0 Å². The van der Waals surface area contributed by atoms with E-state index in [2.05, 4.69) is 291 Å². The molecule has 6 heterocycles. The third-order valence-electron chi connectivity index (χ3n) is 13.3. The average Bonchev–Trinajstić information content (AvgIpc) is 1.72. The minimum Gasteiger partial charge on any atom is -0.0620 e. The van der Waals surface area contributed by atoms with Crippen LogP contribution >= 0.6 is 94.6 Å². The van der Waals surface area contributed by atoms with Crippen molar-refractivity contribution in [2.75, 3.05) is 10.7 Å². The molecule has 0 aliphatic heterocycles. The van der Waals surface area contributed by atoms with Gasteiger partial charge in [-0.15, -0.1) is 46.4 Å². The first-order valence-corrected chi connectivity index (χ1v) is 42.2. The van der Waals surface area contributed by atoms with E-state index in [0.29, 0.717) is 0 Å². The molecule has 0 N–H and O–H groups in total. The molecule has 12 aromatic rings. The Kier molecular flexibility index (Phi) is 34.8. The summed E-state index contributed by atoms with van der Waals surface area (Å²) >= 11 is 19.1. The summed E-state index contributed by atoms with van der Waals surface area (Å²) in [4.78, 5) is 0. The van der Waals surface area contributed by atoms with Crippen LogP contribution in [0.1, 0.15) is 68.3 Å². The third kappa shape index (κ3) is 33.3. The van der Waals surface area contributed by atoms with Crippen LogP contribution in [-0.4, -0.2) is 68.0 Å². The molecule has 0 aliphatic rings. The van der Waals surface area contributed by atoms with E-state index in [0.717, 1.165) is 68.3 Å². The molecule has 0 fully saturated rings. The maximum Gasteiger partial charge on any atom is 1.00 e. The number of rotatable bonds is 12. The molecule has 0 aliphatic carbocycles. The summed E-state index contributed by atoms with van der Waals surface area (Å²) in [6, 6.07) is 77.5. The van der Waals surface area contributed by atoms with Crippen LogP contribution in [0.3, 0.4) is 0 Å². The van der Waals surface area contributed by atoms with Crippen molar-refractivity contribution in [1.29, 1.82) is 0 Å². The quantitative estimate of drug-likeness (QED) is 0.0522. The second-order valence-electron chi connectivity index (χ2n) is 22.5. The molecule has 12 rings (SSSR count). The first-order chi connectivity index (χ1) is 47.4. The SMILES string of the molecule is Cc1cc(C)n(P(n2nc(C)cc2C)n2nc(C)cc2C)n1.Cc1cc(C)n(P(n2nc(C)cc2C)n2nc(C)cc2C)n1.ClCCl.ClCCl.F[P-](F)(F)(F)(F)F.F[P-](F)(F)(F)(F)F.[Cu+].[Cu+].c1ccc([PH+](c2ccccc2)c2ccccc2)cc1.c1ccc([PH+](c2ccccc2)c2ccccc2)cc1. The molecule has 12 nitrogen and oxygen atoms in total. The molecule has 36 heteroatoms. The van der Waals surface area contributed by atoms with E-state index in [1.807, 2.05) is 68.3 Å². The van der Waals surface area contributed by atoms with Gasteiger partial charge >= 0.3 is 100 Å². The number of aryl methyl sites for hydroxylation is 12. The van der Waals surface area contributed by atoms with Gasteiger partial charge in [0.2, 0.25) is 0 Å². The summed E-state index contributed by atoms with van der Waals surface area (Å²) in [5, 5.41) is 37.1. The topological polar surface area (TPSA) is 107 Å². The largest absolute Gasteiger partial charge is 1.00 e. The predicted molar refractivity (Wildman–Crippen MR) is 410 cm³/mol. The van der Waals surface area contributed by atoms with Crippen molar-refractivity contribution in [1.82, 2.24) is 57.3 Å². The number of hydrogen-bond donors (Lipinski definition) is 0. The second-order valence-corrected chi connectivity index (χ2v) is 36.3. The Bertz CT molecular complexity index is 3820. The van der Waals surface area contributed by atoms with E-state index in [9.17, 15) is 50.4 Å². The number of aromatic nitrogens is 12. The Balaban J connectivity index is 0.000000329. The van der Waals surface area contributed by atoms with Gasteiger partial charge in [-0.05, 0) is 192 Å². The Labute approximate surface area is 644 Å². The van der Waals surface area contributed by atoms with Crippen molar-refractivity contribution in [3.8, 4) is 0 Å². The molecule has 0 radical (unpaired) electrons. The molecule has 0 spiro atoms. The zero-order chi connectivity index (χ0) is 76.1. The summed E-state index contributed by atoms with van der Waals surface area (Å²) in [5.74, 6) is 0. The van der Waals surface area contributed by atoms with Gasteiger partial charge in [-0.1, -0.05) is 109 Å². The summed E-state index contributed by atoms with van der Waals surface area (Å²) in [6.07, 6.45) is 0. The molecule has 0 atom stereocenters. The Morgan fingerprint density at radius 2 is 0.365 bits per heavy atom. The van der Waals surface area contributed by atoms with Crippen molar-refractivity contribution in [3.05, 3.63) is 287 Å². The molecule has 0 bridgehead atoms. The Morgan fingerprint density at radius 3 is 0.452 bits per heavy atom. The van der Waals surface area contributed by atoms with Gasteiger partial charge in [0, 0.05) is 34.2 Å². The molecule has 572 valence electrons. The normalized spacial score (nSPS) is 12.2. The minimum atomic E-state index is -10.7. The van der Waals surface area contributed by atoms with Gasteiger partial charge in [0.1, 0.15) is 31.8 Å². The first-order valence-electron chi connectivity index (χ1n) is 30.6.